The summed E-state index contributed by atoms with van der Waals surface area (Å²) in [5.41, 5.74) is 1.74. The van der Waals surface area contributed by atoms with E-state index in [0.717, 1.165) is 5.69 Å². The minimum Gasteiger partial charge on any atom is -0.507 e. The van der Waals surface area contributed by atoms with Crippen LogP contribution in [0.3, 0.4) is 0 Å². The number of rotatable bonds is 4. The first-order chi connectivity index (χ1) is 12.1. The molecule has 7 nitrogen and oxygen atoms in total. The van der Waals surface area contributed by atoms with E-state index in [4.69, 9.17) is 4.42 Å². The van der Waals surface area contributed by atoms with Crippen molar-refractivity contribution < 1.29 is 13.9 Å². The number of nitrogens with zero attached hydrogens (tertiary/aromatic N) is 3. The third kappa shape index (κ3) is 3.05. The topological polar surface area (TPSA) is 99.9 Å². The molecule has 0 fully saturated rings. The van der Waals surface area contributed by atoms with Crippen LogP contribution in [0.4, 0.5) is 10.1 Å². The largest absolute Gasteiger partial charge is 0.507 e. The normalized spacial score (nSPS) is 11.1. The van der Waals surface area contributed by atoms with Gasteiger partial charge in [0.25, 0.3) is 0 Å². The zero-order chi connectivity index (χ0) is 17.4. The summed E-state index contributed by atoms with van der Waals surface area (Å²) in [5.74, 6) is 0.612. The Morgan fingerprint density at radius 1 is 1.24 bits per heavy atom. The van der Waals surface area contributed by atoms with E-state index in [9.17, 15) is 9.50 Å². The van der Waals surface area contributed by atoms with Crippen molar-refractivity contribution in [2.45, 2.75) is 6.54 Å². The fraction of sp³-hybridized carbons (Fsp3) is 0.0625. The van der Waals surface area contributed by atoms with Gasteiger partial charge in [-0.2, -0.15) is 0 Å². The Kier molecular flexibility index (Phi) is 3.85. The maximum absolute atomic E-state index is 14.3. The molecule has 2 heterocycles. The van der Waals surface area contributed by atoms with E-state index in [2.05, 4.69) is 41.9 Å². The van der Waals surface area contributed by atoms with E-state index in [1.807, 2.05) is 0 Å². The molecule has 0 atom stereocenters. The number of benzene rings is 2. The summed E-state index contributed by atoms with van der Waals surface area (Å²) in [7, 11) is 0. The first-order valence-electron chi connectivity index (χ1n) is 7.28. The molecule has 2 aromatic heterocycles. The van der Waals surface area contributed by atoms with Gasteiger partial charge in [0, 0.05) is 23.2 Å². The molecule has 4 rings (SSSR count). The number of tetrazole rings is 1. The molecule has 0 unspecified atom stereocenters. The lowest BCUT2D eigenvalue weighted by molar-refractivity contribution is 0.472. The minimum absolute atomic E-state index is 0.142. The van der Waals surface area contributed by atoms with Crippen molar-refractivity contribution in [2.24, 2.45) is 0 Å². The van der Waals surface area contributed by atoms with Crippen LogP contribution in [-0.4, -0.2) is 25.7 Å². The number of aromatic nitrogens is 4. The predicted molar refractivity (Wildman–Crippen MR) is 92.5 cm³/mol. The lowest BCUT2D eigenvalue weighted by Gasteiger charge is -2.08. The maximum Gasteiger partial charge on any atom is 0.215 e. The lowest BCUT2D eigenvalue weighted by Crippen LogP contribution is -2.01. The number of phenols is 1. The molecule has 0 saturated carbocycles. The third-order valence-corrected chi connectivity index (χ3v) is 4.33. The van der Waals surface area contributed by atoms with Gasteiger partial charge in [0.1, 0.15) is 17.1 Å². The molecule has 3 N–H and O–H groups in total. The van der Waals surface area contributed by atoms with Crippen LogP contribution in [0.5, 0.6) is 5.75 Å². The summed E-state index contributed by atoms with van der Waals surface area (Å²) in [6.07, 6.45) is 0. The van der Waals surface area contributed by atoms with Crippen molar-refractivity contribution in [1.29, 1.82) is 0 Å². The van der Waals surface area contributed by atoms with Gasteiger partial charge in [-0.1, -0.05) is 0 Å². The molecule has 0 aliphatic carbocycles. The standard InChI is InChI=1S/C16H11BrFN5O2/c17-11-6-10(1-2-13(11)24)19-7-9-5-14-8(3-12(9)18)4-15(25-14)16-20-22-23-21-16/h1-6,19,24H,7H2,(H,20,21,22,23). The monoisotopic (exact) mass is 403 g/mol. The lowest BCUT2D eigenvalue weighted by atomic mass is 10.1. The summed E-state index contributed by atoms with van der Waals surface area (Å²) in [5, 5.41) is 26.6. The Labute approximate surface area is 149 Å². The van der Waals surface area contributed by atoms with Crippen molar-refractivity contribution in [3.63, 3.8) is 0 Å². The van der Waals surface area contributed by atoms with Crippen molar-refractivity contribution in [3.8, 4) is 17.3 Å². The van der Waals surface area contributed by atoms with Crippen LogP contribution in [0.15, 0.2) is 45.3 Å². The maximum atomic E-state index is 14.3. The second-order valence-electron chi connectivity index (χ2n) is 5.36. The van der Waals surface area contributed by atoms with E-state index in [1.165, 1.54) is 6.07 Å². The zero-order valence-corrected chi connectivity index (χ0v) is 14.2. The van der Waals surface area contributed by atoms with Gasteiger partial charge in [0.05, 0.1) is 4.47 Å². The highest BCUT2D eigenvalue weighted by molar-refractivity contribution is 9.10. The van der Waals surface area contributed by atoms with Gasteiger partial charge in [0.2, 0.25) is 5.82 Å². The van der Waals surface area contributed by atoms with Gasteiger partial charge in [0.15, 0.2) is 5.76 Å². The first kappa shape index (κ1) is 15.6. The predicted octanol–water partition coefficient (Wildman–Crippen LogP) is 3.83. The highest BCUT2D eigenvalue weighted by Gasteiger charge is 2.13. The molecule has 9 heteroatoms. The fourth-order valence-electron chi connectivity index (χ4n) is 2.43. The molecular weight excluding hydrogens is 393 g/mol. The summed E-state index contributed by atoms with van der Waals surface area (Å²) >= 11 is 3.24. The Balaban J connectivity index is 1.60. The van der Waals surface area contributed by atoms with Gasteiger partial charge < -0.3 is 14.8 Å². The van der Waals surface area contributed by atoms with E-state index >= 15 is 0 Å². The summed E-state index contributed by atoms with van der Waals surface area (Å²) in [6, 6.07) is 9.70. The van der Waals surface area contributed by atoms with Crippen LogP contribution in [0.2, 0.25) is 0 Å². The molecule has 0 radical (unpaired) electrons. The zero-order valence-electron chi connectivity index (χ0n) is 12.6. The summed E-state index contributed by atoms with van der Waals surface area (Å²) < 4.78 is 20.6. The number of anilines is 1. The van der Waals surface area contributed by atoms with Gasteiger partial charge in [-0.15, -0.1) is 5.10 Å². The highest BCUT2D eigenvalue weighted by Crippen LogP contribution is 2.29. The van der Waals surface area contributed by atoms with Crippen molar-refractivity contribution in [3.05, 3.63) is 52.3 Å². The van der Waals surface area contributed by atoms with Crippen LogP contribution in [0.25, 0.3) is 22.6 Å². The molecule has 126 valence electrons. The van der Waals surface area contributed by atoms with Crippen molar-refractivity contribution in [1.82, 2.24) is 20.6 Å². The van der Waals surface area contributed by atoms with E-state index in [1.54, 1.807) is 30.3 Å². The third-order valence-electron chi connectivity index (χ3n) is 3.69. The number of halogens is 2. The van der Waals surface area contributed by atoms with Gasteiger partial charge in [-0.3, -0.25) is 0 Å². The number of phenolic OH excluding ortho intramolecular Hbond substituents is 1. The quantitative estimate of drug-likeness (QED) is 0.447. The van der Waals surface area contributed by atoms with E-state index < -0.39 is 0 Å². The Morgan fingerprint density at radius 3 is 2.88 bits per heavy atom. The number of H-pyrrole nitrogens is 1. The SMILES string of the molecule is Oc1ccc(NCc2cc3oc(-c4nnn[nH]4)cc3cc2F)cc1Br. The number of aromatic amines is 1. The van der Waals surface area contributed by atoms with Crippen LogP contribution < -0.4 is 5.32 Å². The van der Waals surface area contributed by atoms with E-state index in [-0.39, 0.29) is 18.1 Å². The Bertz CT molecular complexity index is 1050. The number of hydrogen-bond donors (Lipinski definition) is 3. The number of furan rings is 1. The Hall–Kier alpha value is -2.94. The van der Waals surface area contributed by atoms with Crippen LogP contribution in [0, 0.1) is 5.82 Å². The van der Waals surface area contributed by atoms with Crippen LogP contribution in [-0.2, 0) is 6.54 Å². The number of fused-ring (bicyclic) bond motifs is 1. The number of nitrogens with one attached hydrogen (secondary N) is 2. The smallest absolute Gasteiger partial charge is 0.215 e. The average molecular weight is 404 g/mol. The molecule has 2 aromatic carbocycles. The number of hydrogen-bond acceptors (Lipinski definition) is 6. The van der Waals surface area contributed by atoms with Crippen LogP contribution in [0.1, 0.15) is 5.56 Å². The van der Waals surface area contributed by atoms with Crippen LogP contribution >= 0.6 is 15.9 Å². The Morgan fingerprint density at radius 2 is 2.12 bits per heavy atom. The van der Waals surface area contributed by atoms with Crippen molar-refractivity contribution >= 4 is 32.6 Å². The molecule has 0 spiro atoms. The average Bonchev–Trinajstić information content (AvgIpc) is 3.24. The van der Waals surface area contributed by atoms with Gasteiger partial charge >= 0.3 is 0 Å². The van der Waals surface area contributed by atoms with Gasteiger partial charge in [-0.25, -0.2) is 9.49 Å². The molecule has 0 saturated heterocycles. The molecule has 0 aliphatic heterocycles. The molecule has 0 amide bonds. The summed E-state index contributed by atoms with van der Waals surface area (Å²) in [4.78, 5) is 0. The van der Waals surface area contributed by atoms with Crippen molar-refractivity contribution in [2.75, 3.05) is 5.32 Å². The molecule has 0 aliphatic rings. The minimum atomic E-state index is -0.346. The van der Waals surface area contributed by atoms with E-state index in [0.29, 0.717) is 32.6 Å². The second-order valence-corrected chi connectivity index (χ2v) is 6.22. The first-order valence-corrected chi connectivity index (χ1v) is 8.08. The molecule has 25 heavy (non-hydrogen) atoms. The second kappa shape index (κ2) is 6.17. The highest BCUT2D eigenvalue weighted by atomic mass is 79.9. The van der Waals surface area contributed by atoms with Gasteiger partial charge in [-0.05, 0) is 62.8 Å². The fourth-order valence-corrected chi connectivity index (χ4v) is 2.81. The molecule has 4 aromatic rings. The summed E-state index contributed by atoms with van der Waals surface area (Å²) in [6.45, 7) is 0.263. The number of aromatic hydroxyl groups is 1. The molecule has 0 bridgehead atoms. The molecular formula is C16H11BrFN5O2.